The van der Waals surface area contributed by atoms with Crippen LogP contribution in [-0.4, -0.2) is 51.4 Å². The van der Waals surface area contributed by atoms with E-state index in [9.17, 15) is 9.59 Å². The second-order valence-electron chi connectivity index (χ2n) is 6.98. The number of hydrogen-bond donors (Lipinski definition) is 0. The first-order valence-electron chi connectivity index (χ1n) is 9.29. The van der Waals surface area contributed by atoms with E-state index in [0.717, 1.165) is 19.6 Å². The molecule has 1 aliphatic rings. The molecule has 2 aromatic carbocycles. The van der Waals surface area contributed by atoms with Crippen LogP contribution < -0.4 is 5.56 Å². The first-order valence-corrected chi connectivity index (χ1v) is 9.67. The molecule has 1 amide bonds. The number of benzene rings is 2. The van der Waals surface area contributed by atoms with Crippen molar-refractivity contribution in [3.63, 3.8) is 0 Å². The Bertz CT molecular complexity index is 1040. The number of hydrogen-bond acceptors (Lipinski definition) is 4. The third kappa shape index (κ3) is 4.08. The van der Waals surface area contributed by atoms with Crippen LogP contribution in [0.2, 0.25) is 5.02 Å². The molecular formula is C21H21ClN4O2. The number of fused-ring (bicyclic) bond motifs is 1. The molecule has 1 saturated heterocycles. The van der Waals surface area contributed by atoms with Crippen LogP contribution in [0.3, 0.4) is 0 Å². The lowest BCUT2D eigenvalue weighted by atomic mass is 10.2. The number of nitrogens with zero attached hydrogens (tertiary/aromatic N) is 4. The molecule has 1 aromatic heterocycles. The quantitative estimate of drug-likeness (QED) is 0.679. The van der Waals surface area contributed by atoms with Crippen molar-refractivity contribution in [2.24, 2.45) is 0 Å². The molecule has 2 heterocycles. The molecule has 0 unspecified atom stereocenters. The second kappa shape index (κ2) is 8.12. The molecule has 0 saturated carbocycles. The molecule has 0 bridgehead atoms. The van der Waals surface area contributed by atoms with E-state index in [1.54, 1.807) is 18.2 Å². The monoisotopic (exact) mass is 396 g/mol. The first-order chi connectivity index (χ1) is 13.6. The molecule has 0 spiro atoms. The van der Waals surface area contributed by atoms with E-state index in [1.807, 2.05) is 23.1 Å². The van der Waals surface area contributed by atoms with Gasteiger partial charge in [0.2, 0.25) is 5.91 Å². The Morgan fingerprint density at radius 3 is 2.54 bits per heavy atom. The standard InChI is InChI=1S/C21H21ClN4O2/c22-17-6-7-19-18(12-17)21(28)26(15-23-19)14-20(27)25-10-8-24(9-11-25)13-16-4-2-1-3-5-16/h1-7,12,15H,8-11,13-14H2. The summed E-state index contributed by atoms with van der Waals surface area (Å²) < 4.78 is 1.36. The summed E-state index contributed by atoms with van der Waals surface area (Å²) in [5, 5.41) is 0.903. The van der Waals surface area contributed by atoms with Crippen LogP contribution >= 0.6 is 11.6 Å². The highest BCUT2D eigenvalue weighted by Crippen LogP contribution is 2.14. The molecule has 28 heavy (non-hydrogen) atoms. The van der Waals surface area contributed by atoms with Crippen molar-refractivity contribution in [2.45, 2.75) is 13.1 Å². The average Bonchev–Trinajstić information content (AvgIpc) is 2.72. The van der Waals surface area contributed by atoms with Gasteiger partial charge in [0.25, 0.3) is 5.56 Å². The maximum absolute atomic E-state index is 12.7. The van der Waals surface area contributed by atoms with Gasteiger partial charge in [0.1, 0.15) is 6.54 Å². The van der Waals surface area contributed by atoms with Crippen LogP contribution in [0, 0.1) is 0 Å². The third-order valence-corrected chi connectivity index (χ3v) is 5.30. The lowest BCUT2D eigenvalue weighted by Gasteiger charge is -2.34. The van der Waals surface area contributed by atoms with Gasteiger partial charge >= 0.3 is 0 Å². The molecular weight excluding hydrogens is 376 g/mol. The molecule has 0 radical (unpaired) electrons. The Balaban J connectivity index is 1.39. The van der Waals surface area contributed by atoms with Gasteiger partial charge in [-0.1, -0.05) is 41.9 Å². The van der Waals surface area contributed by atoms with E-state index < -0.39 is 0 Å². The Hall–Kier alpha value is -2.70. The zero-order valence-electron chi connectivity index (χ0n) is 15.4. The Morgan fingerprint density at radius 1 is 1.04 bits per heavy atom. The summed E-state index contributed by atoms with van der Waals surface area (Å²) in [6, 6.07) is 15.3. The predicted molar refractivity (Wildman–Crippen MR) is 109 cm³/mol. The van der Waals surface area contributed by atoms with E-state index >= 15 is 0 Å². The lowest BCUT2D eigenvalue weighted by molar-refractivity contribution is -0.133. The third-order valence-electron chi connectivity index (χ3n) is 5.07. The molecule has 144 valence electrons. The van der Waals surface area contributed by atoms with Crippen LogP contribution in [-0.2, 0) is 17.9 Å². The minimum atomic E-state index is -0.247. The summed E-state index contributed by atoms with van der Waals surface area (Å²) in [5.41, 5.74) is 1.60. The van der Waals surface area contributed by atoms with E-state index in [0.29, 0.717) is 29.0 Å². The molecule has 0 atom stereocenters. The summed E-state index contributed by atoms with van der Waals surface area (Å²) in [6.07, 6.45) is 1.43. The van der Waals surface area contributed by atoms with Gasteiger partial charge in [-0.2, -0.15) is 0 Å². The molecule has 7 heteroatoms. The second-order valence-corrected chi connectivity index (χ2v) is 7.42. The largest absolute Gasteiger partial charge is 0.339 e. The van der Waals surface area contributed by atoms with Crippen molar-refractivity contribution in [1.29, 1.82) is 0 Å². The normalized spacial score (nSPS) is 15.1. The molecule has 3 aromatic rings. The van der Waals surface area contributed by atoms with Crippen molar-refractivity contribution in [1.82, 2.24) is 19.4 Å². The average molecular weight is 397 g/mol. The van der Waals surface area contributed by atoms with Gasteiger partial charge in [-0.05, 0) is 23.8 Å². The number of piperazine rings is 1. The van der Waals surface area contributed by atoms with Gasteiger partial charge in [0, 0.05) is 37.7 Å². The predicted octanol–water partition coefficient (Wildman–Crippen LogP) is 2.39. The highest BCUT2D eigenvalue weighted by Gasteiger charge is 2.21. The molecule has 1 aliphatic heterocycles. The van der Waals surface area contributed by atoms with Crippen molar-refractivity contribution >= 4 is 28.4 Å². The van der Waals surface area contributed by atoms with Crippen molar-refractivity contribution in [3.05, 3.63) is 75.8 Å². The smallest absolute Gasteiger partial charge is 0.261 e. The van der Waals surface area contributed by atoms with Crippen molar-refractivity contribution in [3.8, 4) is 0 Å². The highest BCUT2D eigenvalue weighted by atomic mass is 35.5. The molecule has 1 fully saturated rings. The topological polar surface area (TPSA) is 58.4 Å². The number of aromatic nitrogens is 2. The van der Waals surface area contributed by atoms with Gasteiger partial charge < -0.3 is 4.90 Å². The van der Waals surface area contributed by atoms with Gasteiger partial charge in [-0.25, -0.2) is 4.98 Å². The van der Waals surface area contributed by atoms with Crippen LogP contribution in [0.1, 0.15) is 5.56 Å². The van der Waals surface area contributed by atoms with Gasteiger partial charge in [-0.3, -0.25) is 19.1 Å². The number of carbonyl (C=O) groups is 1. The van der Waals surface area contributed by atoms with E-state index in [4.69, 9.17) is 11.6 Å². The van der Waals surface area contributed by atoms with Gasteiger partial charge in [-0.15, -0.1) is 0 Å². The summed E-state index contributed by atoms with van der Waals surface area (Å²) in [6.45, 7) is 3.84. The maximum Gasteiger partial charge on any atom is 0.261 e. The zero-order valence-corrected chi connectivity index (χ0v) is 16.2. The van der Waals surface area contributed by atoms with E-state index in [-0.39, 0.29) is 18.0 Å². The summed E-state index contributed by atoms with van der Waals surface area (Å²) >= 11 is 5.99. The number of halogens is 1. The maximum atomic E-state index is 12.7. The number of carbonyl (C=O) groups excluding carboxylic acids is 1. The minimum Gasteiger partial charge on any atom is -0.339 e. The van der Waals surface area contributed by atoms with Crippen LogP contribution in [0.15, 0.2) is 59.7 Å². The van der Waals surface area contributed by atoms with Crippen LogP contribution in [0.25, 0.3) is 10.9 Å². The fourth-order valence-corrected chi connectivity index (χ4v) is 3.66. The highest BCUT2D eigenvalue weighted by molar-refractivity contribution is 6.31. The zero-order chi connectivity index (χ0) is 19.5. The SMILES string of the molecule is O=C(Cn1cnc2ccc(Cl)cc2c1=O)N1CCN(Cc2ccccc2)CC1. The molecule has 4 rings (SSSR count). The van der Waals surface area contributed by atoms with Gasteiger partial charge in [0.05, 0.1) is 17.2 Å². The van der Waals surface area contributed by atoms with Crippen molar-refractivity contribution in [2.75, 3.05) is 26.2 Å². The summed E-state index contributed by atoms with van der Waals surface area (Å²) in [4.78, 5) is 33.7. The van der Waals surface area contributed by atoms with Crippen LogP contribution in [0.5, 0.6) is 0 Å². The lowest BCUT2D eigenvalue weighted by Crippen LogP contribution is -2.49. The number of rotatable bonds is 4. The van der Waals surface area contributed by atoms with E-state index in [1.165, 1.54) is 16.5 Å². The van der Waals surface area contributed by atoms with Gasteiger partial charge in [0.15, 0.2) is 0 Å². The van der Waals surface area contributed by atoms with Crippen LogP contribution in [0.4, 0.5) is 0 Å². The molecule has 6 nitrogen and oxygen atoms in total. The first kappa shape index (κ1) is 18.7. The fourth-order valence-electron chi connectivity index (χ4n) is 3.49. The fraction of sp³-hybridized carbons (Fsp3) is 0.286. The minimum absolute atomic E-state index is 0.00697. The summed E-state index contributed by atoms with van der Waals surface area (Å²) in [7, 11) is 0. The Morgan fingerprint density at radius 2 is 1.79 bits per heavy atom. The Kier molecular flexibility index (Phi) is 5.41. The Labute approximate surface area is 168 Å². The molecule has 0 N–H and O–H groups in total. The molecule has 0 aliphatic carbocycles. The van der Waals surface area contributed by atoms with Crippen molar-refractivity contribution < 1.29 is 4.79 Å². The number of amides is 1. The summed E-state index contributed by atoms with van der Waals surface area (Å²) in [5.74, 6) is -0.0651. The van der Waals surface area contributed by atoms with E-state index in [2.05, 4.69) is 22.0 Å².